The highest BCUT2D eigenvalue weighted by Crippen LogP contribution is 2.30. The first kappa shape index (κ1) is 22.0. The van der Waals surface area contributed by atoms with Gasteiger partial charge in [-0.2, -0.15) is 0 Å². The van der Waals surface area contributed by atoms with Crippen LogP contribution in [0, 0.1) is 5.92 Å². The van der Waals surface area contributed by atoms with Crippen molar-refractivity contribution in [2.24, 2.45) is 5.92 Å². The Morgan fingerprint density at radius 3 is 2.50 bits per heavy atom. The second kappa shape index (κ2) is 9.90. The van der Waals surface area contributed by atoms with E-state index < -0.39 is 5.60 Å². The fraction of sp³-hybridized carbons (Fsp3) is 0.440. The molecule has 5 nitrogen and oxygen atoms in total. The molecule has 3 rings (SSSR count). The van der Waals surface area contributed by atoms with Crippen LogP contribution >= 0.6 is 0 Å². The summed E-state index contributed by atoms with van der Waals surface area (Å²) in [5.41, 5.74) is 2.12. The summed E-state index contributed by atoms with van der Waals surface area (Å²) in [4.78, 5) is 27.7. The third-order valence-corrected chi connectivity index (χ3v) is 5.45. The van der Waals surface area contributed by atoms with Crippen LogP contribution in [0.1, 0.15) is 32.8 Å². The molecule has 1 fully saturated rings. The van der Waals surface area contributed by atoms with Crippen LogP contribution in [0.5, 0.6) is 0 Å². The quantitative estimate of drug-likeness (QED) is 0.760. The van der Waals surface area contributed by atoms with Crippen LogP contribution in [0.4, 0.5) is 0 Å². The number of ether oxygens (including phenoxy) is 1. The van der Waals surface area contributed by atoms with E-state index in [2.05, 4.69) is 23.5 Å². The lowest BCUT2D eigenvalue weighted by atomic mass is 9.87. The highest BCUT2D eigenvalue weighted by molar-refractivity contribution is 5.88. The van der Waals surface area contributed by atoms with Gasteiger partial charge in [0.1, 0.15) is 0 Å². The van der Waals surface area contributed by atoms with Gasteiger partial charge < -0.3 is 15.0 Å². The van der Waals surface area contributed by atoms with Crippen LogP contribution in [0.15, 0.2) is 54.6 Å². The van der Waals surface area contributed by atoms with Gasteiger partial charge in [0.15, 0.2) is 5.60 Å². The maximum absolute atomic E-state index is 13.2. The van der Waals surface area contributed by atoms with Gasteiger partial charge in [-0.1, -0.05) is 68.4 Å². The number of amides is 2. The molecular weight excluding hydrogens is 376 g/mol. The van der Waals surface area contributed by atoms with Gasteiger partial charge >= 0.3 is 0 Å². The van der Waals surface area contributed by atoms with E-state index in [0.29, 0.717) is 32.5 Å². The predicted molar refractivity (Wildman–Crippen MR) is 119 cm³/mol. The predicted octanol–water partition coefficient (Wildman–Crippen LogP) is 3.68. The molecule has 0 saturated carbocycles. The van der Waals surface area contributed by atoms with Gasteiger partial charge in [-0.15, -0.1) is 0 Å². The number of carbonyl (C=O) groups excluding carboxylic acids is 2. The largest absolute Gasteiger partial charge is 0.361 e. The molecule has 1 aliphatic rings. The average Bonchev–Trinajstić information content (AvgIpc) is 2.74. The molecule has 0 unspecified atom stereocenters. The van der Waals surface area contributed by atoms with Gasteiger partial charge in [0, 0.05) is 25.9 Å². The van der Waals surface area contributed by atoms with Gasteiger partial charge in [0.05, 0.1) is 13.2 Å². The van der Waals surface area contributed by atoms with Gasteiger partial charge in [-0.25, -0.2) is 0 Å². The zero-order chi connectivity index (χ0) is 21.6. The summed E-state index contributed by atoms with van der Waals surface area (Å²) in [6, 6.07) is 18.2. The van der Waals surface area contributed by atoms with E-state index in [-0.39, 0.29) is 24.3 Å². The van der Waals surface area contributed by atoms with Crippen LogP contribution in [-0.2, 0) is 20.7 Å². The average molecular weight is 409 g/mol. The van der Waals surface area contributed by atoms with Gasteiger partial charge in [0.2, 0.25) is 5.91 Å². The van der Waals surface area contributed by atoms with E-state index in [0.717, 1.165) is 16.7 Å². The van der Waals surface area contributed by atoms with Crippen molar-refractivity contribution in [3.8, 4) is 11.1 Å². The van der Waals surface area contributed by atoms with Crippen molar-refractivity contribution >= 4 is 11.8 Å². The summed E-state index contributed by atoms with van der Waals surface area (Å²) in [5.74, 6) is 0.200. The summed E-state index contributed by atoms with van der Waals surface area (Å²) < 4.78 is 6.15. The normalized spacial score (nSPS) is 19.0. The Labute approximate surface area is 179 Å². The molecule has 5 heteroatoms. The Bertz CT molecular complexity index is 866. The Balaban J connectivity index is 1.94. The highest BCUT2D eigenvalue weighted by Gasteiger charge is 2.45. The Hall–Kier alpha value is -2.66. The number of carbonyl (C=O) groups is 2. The maximum atomic E-state index is 13.2. The second-order valence-corrected chi connectivity index (χ2v) is 8.32. The molecule has 1 saturated heterocycles. The van der Waals surface area contributed by atoms with E-state index in [1.807, 2.05) is 57.2 Å². The van der Waals surface area contributed by atoms with Crippen LogP contribution in [-0.4, -0.2) is 48.6 Å². The molecule has 1 heterocycles. The summed E-state index contributed by atoms with van der Waals surface area (Å²) in [7, 11) is 0. The molecule has 0 radical (unpaired) electrons. The molecular formula is C25H32N2O3. The summed E-state index contributed by atoms with van der Waals surface area (Å²) in [6.07, 6.45) is 0.890. The first-order chi connectivity index (χ1) is 14.4. The Morgan fingerprint density at radius 2 is 1.80 bits per heavy atom. The smallest absolute Gasteiger partial charge is 0.254 e. The van der Waals surface area contributed by atoms with Crippen molar-refractivity contribution < 1.29 is 14.3 Å². The monoisotopic (exact) mass is 408 g/mol. The second-order valence-electron chi connectivity index (χ2n) is 8.32. The van der Waals surface area contributed by atoms with Crippen molar-refractivity contribution in [3.63, 3.8) is 0 Å². The lowest BCUT2D eigenvalue weighted by Gasteiger charge is -2.42. The SMILES string of the molecule is CCNC(=O)[C@@]1(Cc2ccccc2-c2ccccc2)CN(C(=O)CC(C)C)CCO1. The van der Waals surface area contributed by atoms with Crippen LogP contribution in [0.3, 0.4) is 0 Å². The molecule has 2 amide bonds. The van der Waals surface area contributed by atoms with E-state index in [1.54, 1.807) is 4.90 Å². The van der Waals surface area contributed by atoms with Crippen molar-refractivity contribution in [2.45, 2.75) is 39.2 Å². The molecule has 0 aliphatic carbocycles. The molecule has 1 N–H and O–H groups in total. The van der Waals surface area contributed by atoms with E-state index in [4.69, 9.17) is 4.74 Å². The van der Waals surface area contributed by atoms with Gasteiger partial charge in [-0.3, -0.25) is 9.59 Å². The highest BCUT2D eigenvalue weighted by atomic mass is 16.5. The molecule has 0 aromatic heterocycles. The number of morpholine rings is 1. The van der Waals surface area contributed by atoms with Gasteiger partial charge in [0.25, 0.3) is 5.91 Å². The minimum absolute atomic E-state index is 0.0818. The summed E-state index contributed by atoms with van der Waals surface area (Å²) >= 11 is 0. The minimum Gasteiger partial charge on any atom is -0.361 e. The van der Waals surface area contributed by atoms with E-state index in [9.17, 15) is 9.59 Å². The first-order valence-electron chi connectivity index (χ1n) is 10.8. The third kappa shape index (κ3) is 5.08. The maximum Gasteiger partial charge on any atom is 0.254 e. The lowest BCUT2D eigenvalue weighted by Crippen LogP contribution is -2.62. The molecule has 0 spiro atoms. The molecule has 1 aliphatic heterocycles. The fourth-order valence-electron chi connectivity index (χ4n) is 4.00. The number of nitrogens with one attached hydrogen (secondary N) is 1. The van der Waals surface area contributed by atoms with Gasteiger partial charge in [-0.05, 0) is 29.5 Å². The third-order valence-electron chi connectivity index (χ3n) is 5.45. The summed E-state index contributed by atoms with van der Waals surface area (Å²) in [6.45, 7) is 7.63. The molecule has 0 bridgehead atoms. The van der Waals surface area contributed by atoms with Crippen molar-refractivity contribution in [1.82, 2.24) is 10.2 Å². The molecule has 30 heavy (non-hydrogen) atoms. The summed E-state index contributed by atoms with van der Waals surface area (Å²) in [5, 5.41) is 2.93. The number of likely N-dealkylation sites (N-methyl/N-ethyl adjacent to an activating group) is 1. The zero-order valence-corrected chi connectivity index (χ0v) is 18.2. The zero-order valence-electron chi connectivity index (χ0n) is 18.2. The topological polar surface area (TPSA) is 58.6 Å². The number of nitrogens with zero attached hydrogens (tertiary/aromatic N) is 1. The molecule has 2 aromatic carbocycles. The van der Waals surface area contributed by atoms with Crippen molar-refractivity contribution in [1.29, 1.82) is 0 Å². The lowest BCUT2D eigenvalue weighted by molar-refractivity contribution is -0.166. The van der Waals surface area contributed by atoms with Crippen LogP contribution in [0.2, 0.25) is 0 Å². The standard InChI is InChI=1S/C25H32N2O3/c1-4-26-24(29)25(18-27(14-15-30-25)23(28)16-19(2)3)17-21-12-8-9-13-22(21)20-10-6-5-7-11-20/h5-13,19H,4,14-18H2,1-3H3,(H,26,29)/t25-/m1/s1. The minimum atomic E-state index is -1.09. The number of benzene rings is 2. The van der Waals surface area contributed by atoms with Crippen LogP contribution < -0.4 is 5.32 Å². The fourth-order valence-corrected chi connectivity index (χ4v) is 4.00. The van der Waals surface area contributed by atoms with Crippen molar-refractivity contribution in [3.05, 3.63) is 60.2 Å². The molecule has 2 aromatic rings. The number of hydrogen-bond acceptors (Lipinski definition) is 3. The van der Waals surface area contributed by atoms with E-state index in [1.165, 1.54) is 0 Å². The molecule has 1 atom stereocenters. The number of hydrogen-bond donors (Lipinski definition) is 1. The number of rotatable bonds is 7. The molecule has 160 valence electrons. The van der Waals surface area contributed by atoms with Crippen LogP contribution in [0.25, 0.3) is 11.1 Å². The first-order valence-corrected chi connectivity index (χ1v) is 10.8. The van der Waals surface area contributed by atoms with Crippen molar-refractivity contribution in [2.75, 3.05) is 26.2 Å². The Morgan fingerprint density at radius 1 is 1.10 bits per heavy atom. The Kier molecular flexibility index (Phi) is 7.27. The van der Waals surface area contributed by atoms with E-state index >= 15 is 0 Å².